The number of hydrogen-bond acceptors (Lipinski definition) is 5. The van der Waals surface area contributed by atoms with Crippen LogP contribution in [0.25, 0.3) is 0 Å². The highest BCUT2D eigenvalue weighted by Crippen LogP contribution is 2.27. The molecule has 0 aliphatic rings. The molecule has 102 valence electrons. The van der Waals surface area contributed by atoms with Crippen LogP contribution in [0.15, 0.2) is 18.2 Å². The van der Waals surface area contributed by atoms with E-state index in [4.69, 9.17) is 16.3 Å². The van der Waals surface area contributed by atoms with E-state index < -0.39 is 0 Å². The fraction of sp³-hybridized carbons (Fsp3) is 0.417. The first-order valence-corrected chi connectivity index (χ1v) is 6.45. The SMILES string of the molecule is CCCn1nnnc1CNc1ccc(OC)c(Cl)c1. The molecule has 2 rings (SSSR count). The van der Waals surface area contributed by atoms with Gasteiger partial charge in [0, 0.05) is 12.2 Å². The molecule has 1 aromatic carbocycles. The monoisotopic (exact) mass is 281 g/mol. The van der Waals surface area contributed by atoms with E-state index in [1.807, 2.05) is 18.2 Å². The molecule has 1 aromatic heterocycles. The molecule has 0 unspecified atom stereocenters. The average Bonchev–Trinajstić information content (AvgIpc) is 2.84. The number of nitrogens with one attached hydrogen (secondary N) is 1. The standard InChI is InChI=1S/C12H16ClN5O/c1-3-6-18-12(15-16-17-18)8-14-9-4-5-11(19-2)10(13)7-9/h4-5,7,14H,3,6,8H2,1-2H3. The lowest BCUT2D eigenvalue weighted by atomic mass is 10.3. The fourth-order valence-electron chi connectivity index (χ4n) is 1.69. The highest BCUT2D eigenvalue weighted by atomic mass is 35.5. The van der Waals surface area contributed by atoms with E-state index in [-0.39, 0.29) is 0 Å². The van der Waals surface area contributed by atoms with Gasteiger partial charge in [0.15, 0.2) is 5.82 Å². The van der Waals surface area contributed by atoms with E-state index in [0.717, 1.165) is 24.5 Å². The number of nitrogens with zero attached hydrogens (tertiary/aromatic N) is 4. The predicted octanol–water partition coefficient (Wildman–Crippen LogP) is 2.36. The summed E-state index contributed by atoms with van der Waals surface area (Å²) in [4.78, 5) is 0. The van der Waals surface area contributed by atoms with Crippen molar-refractivity contribution in [2.45, 2.75) is 26.4 Å². The Morgan fingerprint density at radius 1 is 1.42 bits per heavy atom. The molecule has 0 atom stereocenters. The lowest BCUT2D eigenvalue weighted by Gasteiger charge is -2.08. The Morgan fingerprint density at radius 3 is 2.95 bits per heavy atom. The van der Waals surface area contributed by atoms with Gasteiger partial charge in [-0.3, -0.25) is 0 Å². The molecule has 2 aromatic rings. The zero-order valence-electron chi connectivity index (χ0n) is 10.9. The van der Waals surface area contributed by atoms with Crippen LogP contribution in [0, 0.1) is 0 Å². The number of ether oxygens (including phenoxy) is 1. The molecule has 0 aliphatic carbocycles. The third-order valence-electron chi connectivity index (χ3n) is 2.64. The number of methoxy groups -OCH3 is 1. The number of tetrazole rings is 1. The van der Waals surface area contributed by atoms with Crippen molar-refractivity contribution in [1.29, 1.82) is 0 Å². The maximum atomic E-state index is 6.06. The molecule has 6 nitrogen and oxygen atoms in total. The first kappa shape index (κ1) is 13.6. The van der Waals surface area contributed by atoms with Crippen molar-refractivity contribution in [2.75, 3.05) is 12.4 Å². The van der Waals surface area contributed by atoms with Crippen LogP contribution in [0.1, 0.15) is 19.2 Å². The van der Waals surface area contributed by atoms with Gasteiger partial charge in [0.05, 0.1) is 18.7 Å². The second-order valence-electron chi connectivity index (χ2n) is 4.02. The van der Waals surface area contributed by atoms with Crippen molar-refractivity contribution in [3.05, 3.63) is 29.0 Å². The largest absolute Gasteiger partial charge is 0.495 e. The van der Waals surface area contributed by atoms with Crippen LogP contribution in [0.2, 0.25) is 5.02 Å². The van der Waals surface area contributed by atoms with Gasteiger partial charge in [-0.2, -0.15) is 0 Å². The Kier molecular flexibility index (Phi) is 4.57. The summed E-state index contributed by atoms with van der Waals surface area (Å²) in [6.45, 7) is 3.45. The first-order valence-electron chi connectivity index (χ1n) is 6.07. The zero-order valence-corrected chi connectivity index (χ0v) is 11.7. The molecule has 0 amide bonds. The van der Waals surface area contributed by atoms with Gasteiger partial charge in [-0.15, -0.1) is 5.10 Å². The van der Waals surface area contributed by atoms with Gasteiger partial charge in [-0.25, -0.2) is 4.68 Å². The Morgan fingerprint density at radius 2 is 2.26 bits per heavy atom. The van der Waals surface area contributed by atoms with Crippen LogP contribution in [0.5, 0.6) is 5.75 Å². The van der Waals surface area contributed by atoms with E-state index in [0.29, 0.717) is 17.3 Å². The lowest BCUT2D eigenvalue weighted by molar-refractivity contribution is 0.415. The van der Waals surface area contributed by atoms with Crippen LogP contribution < -0.4 is 10.1 Å². The van der Waals surface area contributed by atoms with Crippen LogP contribution in [0.3, 0.4) is 0 Å². The molecular weight excluding hydrogens is 266 g/mol. The number of halogens is 1. The van der Waals surface area contributed by atoms with Crippen molar-refractivity contribution < 1.29 is 4.74 Å². The van der Waals surface area contributed by atoms with Crippen molar-refractivity contribution in [2.24, 2.45) is 0 Å². The summed E-state index contributed by atoms with van der Waals surface area (Å²) in [5.41, 5.74) is 0.900. The topological polar surface area (TPSA) is 64.9 Å². The maximum Gasteiger partial charge on any atom is 0.170 e. The summed E-state index contributed by atoms with van der Waals surface area (Å²) in [7, 11) is 1.59. The second-order valence-corrected chi connectivity index (χ2v) is 4.43. The first-order chi connectivity index (χ1) is 9.24. The summed E-state index contributed by atoms with van der Waals surface area (Å²) >= 11 is 6.06. The molecule has 0 saturated heterocycles. The number of anilines is 1. The van der Waals surface area contributed by atoms with Crippen molar-refractivity contribution >= 4 is 17.3 Å². The predicted molar refractivity (Wildman–Crippen MR) is 73.4 cm³/mol. The average molecular weight is 282 g/mol. The van der Waals surface area contributed by atoms with Crippen molar-refractivity contribution in [1.82, 2.24) is 20.2 Å². The molecule has 1 N–H and O–H groups in total. The molecule has 0 spiro atoms. The maximum absolute atomic E-state index is 6.06. The normalized spacial score (nSPS) is 10.5. The summed E-state index contributed by atoms with van der Waals surface area (Å²) in [6.07, 6.45) is 0.992. The Bertz CT molecular complexity index is 543. The third-order valence-corrected chi connectivity index (χ3v) is 2.94. The summed E-state index contributed by atoms with van der Waals surface area (Å²) in [5, 5.41) is 15.4. The zero-order chi connectivity index (χ0) is 13.7. The minimum atomic E-state index is 0.551. The highest BCUT2D eigenvalue weighted by Gasteiger charge is 2.06. The molecule has 0 fully saturated rings. The lowest BCUT2D eigenvalue weighted by Crippen LogP contribution is -2.10. The van der Waals surface area contributed by atoms with Crippen LogP contribution >= 0.6 is 11.6 Å². The smallest absolute Gasteiger partial charge is 0.170 e. The van der Waals surface area contributed by atoms with Crippen molar-refractivity contribution in [3.8, 4) is 5.75 Å². The van der Waals surface area contributed by atoms with Crippen LogP contribution in [-0.4, -0.2) is 27.3 Å². The Labute approximate surface area is 116 Å². The fourth-order valence-corrected chi connectivity index (χ4v) is 1.95. The second kappa shape index (κ2) is 6.38. The number of benzene rings is 1. The van der Waals surface area contributed by atoms with Gasteiger partial charge < -0.3 is 10.1 Å². The Balaban J connectivity index is 2.02. The van der Waals surface area contributed by atoms with E-state index in [2.05, 4.69) is 27.8 Å². The molecule has 0 aliphatic heterocycles. The van der Waals surface area contributed by atoms with Gasteiger partial charge in [0.2, 0.25) is 0 Å². The quantitative estimate of drug-likeness (QED) is 0.880. The van der Waals surface area contributed by atoms with E-state index in [1.54, 1.807) is 11.8 Å². The molecule has 19 heavy (non-hydrogen) atoms. The minimum Gasteiger partial charge on any atom is -0.495 e. The van der Waals surface area contributed by atoms with E-state index in [9.17, 15) is 0 Å². The Hall–Kier alpha value is -1.82. The van der Waals surface area contributed by atoms with Gasteiger partial charge in [0.25, 0.3) is 0 Å². The van der Waals surface area contributed by atoms with E-state index in [1.165, 1.54) is 0 Å². The molecule has 0 radical (unpaired) electrons. The summed E-state index contributed by atoms with van der Waals surface area (Å²) in [6, 6.07) is 5.53. The van der Waals surface area contributed by atoms with Gasteiger partial charge in [-0.1, -0.05) is 18.5 Å². The number of aromatic nitrogens is 4. The molecule has 0 saturated carbocycles. The number of rotatable bonds is 6. The molecular formula is C12H16ClN5O. The molecule has 7 heteroatoms. The molecule has 0 bridgehead atoms. The number of aryl methyl sites for hydroxylation is 1. The number of hydrogen-bond donors (Lipinski definition) is 1. The summed E-state index contributed by atoms with van der Waals surface area (Å²) < 4.78 is 6.90. The van der Waals surface area contributed by atoms with Crippen LogP contribution in [-0.2, 0) is 13.1 Å². The highest BCUT2D eigenvalue weighted by molar-refractivity contribution is 6.32. The van der Waals surface area contributed by atoms with E-state index >= 15 is 0 Å². The summed E-state index contributed by atoms with van der Waals surface area (Å²) in [5.74, 6) is 1.46. The van der Waals surface area contributed by atoms with Gasteiger partial charge in [-0.05, 0) is 35.0 Å². The van der Waals surface area contributed by atoms with Crippen molar-refractivity contribution in [3.63, 3.8) is 0 Å². The van der Waals surface area contributed by atoms with Gasteiger partial charge in [0.1, 0.15) is 5.75 Å². The van der Waals surface area contributed by atoms with Gasteiger partial charge >= 0.3 is 0 Å². The third kappa shape index (κ3) is 3.35. The minimum absolute atomic E-state index is 0.551. The van der Waals surface area contributed by atoms with Crippen LogP contribution in [0.4, 0.5) is 5.69 Å². The molecule has 1 heterocycles.